The van der Waals surface area contributed by atoms with Crippen molar-refractivity contribution in [2.24, 2.45) is 0 Å². The van der Waals surface area contributed by atoms with E-state index in [1.807, 2.05) is 6.08 Å². The van der Waals surface area contributed by atoms with Gasteiger partial charge in [0.1, 0.15) is 0 Å². The van der Waals surface area contributed by atoms with Gasteiger partial charge in [0.25, 0.3) is 0 Å². The van der Waals surface area contributed by atoms with Gasteiger partial charge in [0, 0.05) is 12.4 Å². The number of aliphatic hydroxyl groups is 1. The summed E-state index contributed by atoms with van der Waals surface area (Å²) in [5.41, 5.74) is 0. The number of allylic oxidation sites excluding steroid dienone is 1. The molecular formula is C15H27KNO5+. The predicted molar refractivity (Wildman–Crippen MR) is 76.9 cm³/mol. The first-order valence-electron chi connectivity index (χ1n) is 7.51. The van der Waals surface area contributed by atoms with Crippen molar-refractivity contribution in [3.05, 3.63) is 12.3 Å². The Morgan fingerprint density at radius 3 is 2.27 bits per heavy atom. The van der Waals surface area contributed by atoms with Crippen molar-refractivity contribution in [1.29, 1.82) is 0 Å². The largest absolute Gasteiger partial charge is 1.00 e. The number of nitrogens with zero attached hydrogens (tertiary/aromatic N) is 1. The smallest absolute Gasteiger partial charge is 0.550 e. The molecule has 0 saturated heterocycles. The Morgan fingerprint density at radius 1 is 1.14 bits per heavy atom. The molecule has 2 N–H and O–H groups in total. The normalized spacial score (nSPS) is 13.5. The molecule has 0 aliphatic rings. The van der Waals surface area contributed by atoms with E-state index in [2.05, 4.69) is 6.92 Å². The van der Waals surface area contributed by atoms with Crippen molar-refractivity contribution < 1.29 is 80.8 Å². The molecule has 0 aromatic rings. The molecule has 0 saturated carbocycles. The summed E-state index contributed by atoms with van der Waals surface area (Å²) >= 11 is 0. The molecule has 0 fully saturated rings. The minimum absolute atomic E-state index is 0. The van der Waals surface area contributed by atoms with Crippen LogP contribution in [0.3, 0.4) is 0 Å². The zero-order chi connectivity index (χ0) is 16.1. The van der Waals surface area contributed by atoms with Gasteiger partial charge in [-0.05, 0) is 18.9 Å². The van der Waals surface area contributed by atoms with Crippen LogP contribution in [0.2, 0.25) is 0 Å². The van der Waals surface area contributed by atoms with Crippen LogP contribution in [-0.4, -0.2) is 46.5 Å². The van der Waals surface area contributed by atoms with Gasteiger partial charge in [-0.15, -0.1) is 0 Å². The van der Waals surface area contributed by atoms with Gasteiger partial charge >= 0.3 is 57.4 Å². The standard InChI is InChI=1S/C15H27NO5.K/c1-2-3-4-5-6-7-10-16(13-17,11-8-14(18)19)12-9-15(20)21;/h7,10,17H,2-6,8-9,11-13H2,1H3,(H-,18,19,20,21);/q;+1/b10-7+;. The maximum atomic E-state index is 10.7. The molecule has 1 atom stereocenters. The molecule has 7 heteroatoms. The van der Waals surface area contributed by atoms with Crippen LogP contribution in [0.25, 0.3) is 0 Å². The first kappa shape index (κ1) is 24.5. The number of carboxylic acids is 2. The second-order valence-corrected chi connectivity index (χ2v) is 5.31. The number of unbranched alkanes of at least 4 members (excludes halogenated alkanes) is 4. The minimum atomic E-state index is -1.20. The zero-order valence-corrected chi connectivity index (χ0v) is 16.9. The van der Waals surface area contributed by atoms with Gasteiger partial charge in [-0.1, -0.05) is 26.2 Å². The average molecular weight is 340 g/mol. The molecule has 0 bridgehead atoms. The third kappa shape index (κ3) is 12.7. The first-order valence-corrected chi connectivity index (χ1v) is 7.51. The van der Waals surface area contributed by atoms with Crippen LogP contribution in [0.1, 0.15) is 51.9 Å². The number of rotatable bonds is 13. The molecule has 122 valence electrons. The van der Waals surface area contributed by atoms with Crippen molar-refractivity contribution in [2.75, 3.05) is 19.8 Å². The topological polar surface area (TPSA) is 97.7 Å². The van der Waals surface area contributed by atoms with E-state index < -0.39 is 11.9 Å². The van der Waals surface area contributed by atoms with Crippen LogP contribution in [0.15, 0.2) is 12.3 Å². The van der Waals surface area contributed by atoms with Crippen molar-refractivity contribution in [2.45, 2.75) is 51.9 Å². The predicted octanol–water partition coefficient (Wildman–Crippen LogP) is -2.14. The Morgan fingerprint density at radius 2 is 1.77 bits per heavy atom. The van der Waals surface area contributed by atoms with Crippen LogP contribution < -0.4 is 56.5 Å². The Hall–Kier alpha value is 0.236. The number of carbonyl (C=O) groups excluding carboxylic acids is 1. The average Bonchev–Trinajstić information content (AvgIpc) is 2.45. The fourth-order valence-corrected chi connectivity index (χ4v) is 2.07. The molecule has 0 heterocycles. The van der Waals surface area contributed by atoms with Crippen LogP contribution in [-0.2, 0) is 9.59 Å². The van der Waals surface area contributed by atoms with Gasteiger partial charge in [-0.3, -0.25) is 9.28 Å². The summed E-state index contributed by atoms with van der Waals surface area (Å²) in [6.07, 6.45) is 8.67. The van der Waals surface area contributed by atoms with Crippen LogP contribution >= 0.6 is 0 Å². The second-order valence-electron chi connectivity index (χ2n) is 5.31. The molecule has 0 aromatic heterocycles. The van der Waals surface area contributed by atoms with Gasteiger partial charge in [-0.25, -0.2) is 0 Å². The summed E-state index contributed by atoms with van der Waals surface area (Å²) in [6, 6.07) is 0. The van der Waals surface area contributed by atoms with Gasteiger partial charge in [0.15, 0.2) is 6.73 Å². The minimum Gasteiger partial charge on any atom is -0.550 e. The van der Waals surface area contributed by atoms with Crippen molar-refractivity contribution in [3.8, 4) is 0 Å². The second kappa shape index (κ2) is 14.8. The maximum Gasteiger partial charge on any atom is 1.00 e. The van der Waals surface area contributed by atoms with E-state index in [0.717, 1.165) is 25.7 Å². The summed E-state index contributed by atoms with van der Waals surface area (Å²) in [5, 5.41) is 28.9. The van der Waals surface area contributed by atoms with E-state index in [4.69, 9.17) is 5.11 Å². The maximum absolute atomic E-state index is 10.7. The summed E-state index contributed by atoms with van der Waals surface area (Å²) in [4.78, 5) is 21.3. The number of carboxylic acid groups (broad SMARTS) is 2. The zero-order valence-electron chi connectivity index (χ0n) is 13.8. The molecule has 22 heavy (non-hydrogen) atoms. The molecule has 0 spiro atoms. The summed E-state index contributed by atoms with van der Waals surface area (Å²) < 4.78 is -0.0476. The molecule has 0 aromatic carbocycles. The SMILES string of the molecule is CCCCCC/C=C/[N+](CO)(CCC(=O)[O-])CCC(=O)O.[K+]. The van der Waals surface area contributed by atoms with E-state index in [0.29, 0.717) is 0 Å². The van der Waals surface area contributed by atoms with Crippen molar-refractivity contribution in [1.82, 2.24) is 0 Å². The molecule has 0 aliphatic carbocycles. The molecule has 1 unspecified atom stereocenters. The Bertz CT molecular complexity index is 329. The number of aliphatic carboxylic acids is 2. The van der Waals surface area contributed by atoms with E-state index in [9.17, 15) is 19.8 Å². The number of hydrogen-bond acceptors (Lipinski definition) is 4. The van der Waals surface area contributed by atoms with Gasteiger partial charge < -0.3 is 20.1 Å². The van der Waals surface area contributed by atoms with E-state index >= 15 is 0 Å². The third-order valence-corrected chi connectivity index (χ3v) is 3.46. The van der Waals surface area contributed by atoms with E-state index in [1.165, 1.54) is 6.42 Å². The summed E-state index contributed by atoms with van der Waals surface area (Å²) in [6.45, 7) is 2.13. The molecule has 0 rings (SSSR count). The quantitative estimate of drug-likeness (QED) is 0.173. The van der Waals surface area contributed by atoms with Crippen molar-refractivity contribution in [3.63, 3.8) is 0 Å². The fraction of sp³-hybridized carbons (Fsp3) is 0.733. The number of quaternary nitrogens is 1. The monoisotopic (exact) mass is 340 g/mol. The molecule has 0 amide bonds. The van der Waals surface area contributed by atoms with Gasteiger partial charge in [-0.2, -0.15) is 0 Å². The van der Waals surface area contributed by atoms with Crippen LogP contribution in [0, 0.1) is 0 Å². The van der Waals surface area contributed by atoms with Gasteiger partial charge in [0.2, 0.25) is 0 Å². The van der Waals surface area contributed by atoms with Crippen LogP contribution in [0.4, 0.5) is 0 Å². The van der Waals surface area contributed by atoms with Gasteiger partial charge in [0.05, 0.1) is 25.7 Å². The Balaban J connectivity index is 0. The number of hydrogen-bond donors (Lipinski definition) is 2. The molecule has 0 aliphatic heterocycles. The first-order chi connectivity index (χ1) is 9.95. The van der Waals surface area contributed by atoms with E-state index in [1.54, 1.807) is 6.20 Å². The molecular weight excluding hydrogens is 313 g/mol. The van der Waals surface area contributed by atoms with Crippen molar-refractivity contribution >= 4 is 11.9 Å². The molecule has 0 radical (unpaired) electrons. The third-order valence-electron chi connectivity index (χ3n) is 3.46. The fourth-order valence-electron chi connectivity index (χ4n) is 2.07. The van der Waals surface area contributed by atoms with Crippen LogP contribution in [0.5, 0.6) is 0 Å². The Kier molecular flexibility index (Phi) is 16.5. The molecule has 6 nitrogen and oxygen atoms in total. The number of aliphatic hydroxyl groups excluding tert-OH is 1. The van der Waals surface area contributed by atoms with E-state index in [-0.39, 0.29) is 88.5 Å². The summed E-state index contributed by atoms with van der Waals surface area (Å²) in [7, 11) is 0. The number of carbonyl (C=O) groups is 2. The Labute approximate surface area is 175 Å². The summed E-state index contributed by atoms with van der Waals surface area (Å²) in [5.74, 6) is -2.16.